The summed E-state index contributed by atoms with van der Waals surface area (Å²) in [6.45, 7) is 6.86. The highest BCUT2D eigenvalue weighted by Crippen LogP contribution is 2.26. The van der Waals surface area contributed by atoms with E-state index in [4.69, 9.17) is 0 Å². The van der Waals surface area contributed by atoms with Crippen LogP contribution in [-0.4, -0.2) is 25.1 Å². The zero-order chi connectivity index (χ0) is 14.4. The normalized spacial score (nSPS) is 18.2. The maximum Gasteiger partial charge on any atom is 0.0574 e. The highest BCUT2D eigenvalue weighted by Gasteiger charge is 2.19. The van der Waals surface area contributed by atoms with Gasteiger partial charge in [-0.3, -0.25) is 4.98 Å². The van der Waals surface area contributed by atoms with E-state index in [-0.39, 0.29) is 0 Å². The van der Waals surface area contributed by atoms with Crippen molar-refractivity contribution in [2.24, 2.45) is 5.92 Å². The number of hydrogen-bond donors (Lipinski definition) is 1. The quantitative estimate of drug-likeness (QED) is 0.856. The molecule has 3 nitrogen and oxygen atoms in total. The summed E-state index contributed by atoms with van der Waals surface area (Å²) in [5.41, 5.74) is 2.44. The van der Waals surface area contributed by atoms with E-state index in [0.29, 0.717) is 6.04 Å². The Morgan fingerprint density at radius 2 is 2.05 bits per heavy atom. The molecule has 0 amide bonds. The summed E-state index contributed by atoms with van der Waals surface area (Å²) < 4.78 is 0. The van der Waals surface area contributed by atoms with Crippen LogP contribution in [0.25, 0.3) is 0 Å². The summed E-state index contributed by atoms with van der Waals surface area (Å²) in [5.74, 6) is 0.942. The molecule has 0 aliphatic carbocycles. The van der Waals surface area contributed by atoms with Gasteiger partial charge >= 0.3 is 0 Å². The number of hydrogen-bond acceptors (Lipinski definition) is 3. The molecule has 1 unspecified atom stereocenters. The maximum atomic E-state index is 4.65. The minimum atomic E-state index is 0.374. The van der Waals surface area contributed by atoms with E-state index in [2.05, 4.69) is 47.4 Å². The van der Waals surface area contributed by atoms with Crippen molar-refractivity contribution in [1.29, 1.82) is 0 Å². The van der Waals surface area contributed by atoms with Gasteiger partial charge in [-0.1, -0.05) is 26.7 Å². The minimum absolute atomic E-state index is 0.374. The molecular weight excluding hydrogens is 246 g/mol. The first-order valence-corrected chi connectivity index (χ1v) is 8.16. The van der Waals surface area contributed by atoms with Crippen LogP contribution in [0, 0.1) is 5.92 Å². The standard InChI is InChI=1S/C17H29N3/c1-4-6-14-9-11-20(12-10-14)15-7-8-17(19-13-15)16(5-2)18-3/h7-8,13-14,16,18H,4-6,9-12H2,1-3H3. The van der Waals surface area contributed by atoms with E-state index < -0.39 is 0 Å². The fraction of sp³-hybridized carbons (Fsp3) is 0.706. The van der Waals surface area contributed by atoms with Gasteiger partial charge in [0.2, 0.25) is 0 Å². The average molecular weight is 275 g/mol. The Morgan fingerprint density at radius 1 is 1.30 bits per heavy atom. The van der Waals surface area contributed by atoms with Gasteiger partial charge in [0, 0.05) is 19.1 Å². The third kappa shape index (κ3) is 3.72. The Bertz CT molecular complexity index is 376. The zero-order valence-corrected chi connectivity index (χ0v) is 13.2. The third-order valence-electron chi connectivity index (χ3n) is 4.56. The number of pyridine rings is 1. The first kappa shape index (κ1) is 15.3. The lowest BCUT2D eigenvalue weighted by molar-refractivity contribution is 0.378. The largest absolute Gasteiger partial charge is 0.370 e. The molecule has 112 valence electrons. The Hall–Kier alpha value is -1.09. The van der Waals surface area contributed by atoms with Crippen molar-refractivity contribution in [3.8, 4) is 0 Å². The maximum absolute atomic E-state index is 4.65. The molecule has 0 spiro atoms. The van der Waals surface area contributed by atoms with Crippen LogP contribution in [0.15, 0.2) is 18.3 Å². The first-order chi connectivity index (χ1) is 9.78. The second-order valence-corrected chi connectivity index (χ2v) is 5.91. The molecule has 0 radical (unpaired) electrons. The lowest BCUT2D eigenvalue weighted by Crippen LogP contribution is -2.33. The van der Waals surface area contributed by atoms with E-state index in [0.717, 1.165) is 18.0 Å². The molecule has 1 saturated heterocycles. The van der Waals surface area contributed by atoms with Crippen molar-refractivity contribution >= 4 is 5.69 Å². The van der Waals surface area contributed by atoms with Gasteiger partial charge in [0.15, 0.2) is 0 Å². The van der Waals surface area contributed by atoms with Gasteiger partial charge in [0.1, 0.15) is 0 Å². The predicted molar refractivity (Wildman–Crippen MR) is 86.2 cm³/mol. The monoisotopic (exact) mass is 275 g/mol. The lowest BCUT2D eigenvalue weighted by Gasteiger charge is -2.33. The van der Waals surface area contributed by atoms with Crippen LogP contribution < -0.4 is 10.2 Å². The van der Waals surface area contributed by atoms with Crippen LogP contribution in [0.4, 0.5) is 5.69 Å². The predicted octanol–water partition coefficient (Wildman–Crippen LogP) is 3.77. The molecule has 20 heavy (non-hydrogen) atoms. The lowest BCUT2D eigenvalue weighted by atomic mass is 9.92. The van der Waals surface area contributed by atoms with Gasteiger partial charge in [-0.15, -0.1) is 0 Å². The van der Waals surface area contributed by atoms with Crippen molar-refractivity contribution in [1.82, 2.24) is 10.3 Å². The van der Waals surface area contributed by atoms with Crippen LogP contribution in [0.3, 0.4) is 0 Å². The van der Waals surface area contributed by atoms with Crippen molar-refractivity contribution in [2.45, 2.75) is 52.0 Å². The molecular formula is C17H29N3. The molecule has 1 aliphatic heterocycles. The molecule has 2 rings (SSSR count). The van der Waals surface area contributed by atoms with Gasteiger partial charge in [0.25, 0.3) is 0 Å². The number of nitrogens with one attached hydrogen (secondary N) is 1. The fourth-order valence-corrected chi connectivity index (χ4v) is 3.24. The molecule has 0 saturated carbocycles. The summed E-state index contributed by atoms with van der Waals surface area (Å²) in [4.78, 5) is 7.14. The molecule has 1 aliphatic rings. The summed E-state index contributed by atoms with van der Waals surface area (Å²) in [7, 11) is 2.00. The second-order valence-electron chi connectivity index (χ2n) is 5.91. The van der Waals surface area contributed by atoms with Gasteiger partial charge in [-0.05, 0) is 44.4 Å². The minimum Gasteiger partial charge on any atom is -0.370 e. The van der Waals surface area contributed by atoms with Crippen LogP contribution in [-0.2, 0) is 0 Å². The molecule has 0 aromatic carbocycles. The summed E-state index contributed by atoms with van der Waals surface area (Å²) in [5, 5.41) is 3.31. The van der Waals surface area contributed by atoms with Crippen LogP contribution in [0.5, 0.6) is 0 Å². The number of anilines is 1. The molecule has 2 heterocycles. The molecule has 1 aromatic rings. The Morgan fingerprint density at radius 3 is 2.55 bits per heavy atom. The highest BCUT2D eigenvalue weighted by atomic mass is 15.1. The van der Waals surface area contributed by atoms with Gasteiger partial charge < -0.3 is 10.2 Å². The Labute approximate surface area is 123 Å². The first-order valence-electron chi connectivity index (χ1n) is 8.16. The molecule has 1 atom stereocenters. The molecule has 1 aromatic heterocycles. The van der Waals surface area contributed by atoms with Crippen molar-refractivity contribution < 1.29 is 0 Å². The van der Waals surface area contributed by atoms with E-state index in [1.807, 2.05) is 7.05 Å². The smallest absolute Gasteiger partial charge is 0.0574 e. The highest BCUT2D eigenvalue weighted by molar-refractivity contribution is 5.45. The van der Waals surface area contributed by atoms with Crippen LogP contribution >= 0.6 is 0 Å². The van der Waals surface area contributed by atoms with E-state index in [1.165, 1.54) is 44.5 Å². The van der Waals surface area contributed by atoms with Crippen LogP contribution in [0.1, 0.15) is 57.7 Å². The van der Waals surface area contributed by atoms with E-state index in [9.17, 15) is 0 Å². The summed E-state index contributed by atoms with van der Waals surface area (Å²) in [6.07, 6.45) is 8.52. The van der Waals surface area contributed by atoms with Gasteiger partial charge in [0.05, 0.1) is 17.6 Å². The Balaban J connectivity index is 1.94. The Kier molecular flexibility index (Phi) is 5.84. The molecule has 3 heteroatoms. The molecule has 0 bridgehead atoms. The van der Waals surface area contributed by atoms with Gasteiger partial charge in [-0.25, -0.2) is 0 Å². The number of nitrogens with zero attached hydrogens (tertiary/aromatic N) is 2. The molecule has 1 fully saturated rings. The molecule has 1 N–H and O–H groups in total. The second kappa shape index (κ2) is 7.63. The fourth-order valence-electron chi connectivity index (χ4n) is 3.24. The van der Waals surface area contributed by atoms with E-state index >= 15 is 0 Å². The SMILES string of the molecule is CCCC1CCN(c2ccc(C(CC)NC)nc2)CC1. The summed E-state index contributed by atoms with van der Waals surface area (Å²) in [6, 6.07) is 4.79. The number of piperidine rings is 1. The van der Waals surface area contributed by atoms with Crippen molar-refractivity contribution in [2.75, 3.05) is 25.0 Å². The van der Waals surface area contributed by atoms with Crippen LogP contribution in [0.2, 0.25) is 0 Å². The topological polar surface area (TPSA) is 28.2 Å². The van der Waals surface area contributed by atoms with Gasteiger partial charge in [-0.2, -0.15) is 0 Å². The summed E-state index contributed by atoms with van der Waals surface area (Å²) >= 11 is 0. The third-order valence-corrected chi connectivity index (χ3v) is 4.56. The average Bonchev–Trinajstić information content (AvgIpc) is 2.50. The van der Waals surface area contributed by atoms with Crippen molar-refractivity contribution in [3.63, 3.8) is 0 Å². The van der Waals surface area contributed by atoms with Crippen molar-refractivity contribution in [3.05, 3.63) is 24.0 Å². The van der Waals surface area contributed by atoms with E-state index in [1.54, 1.807) is 0 Å². The number of rotatable bonds is 6. The zero-order valence-electron chi connectivity index (χ0n) is 13.2. The number of aromatic nitrogens is 1.